The van der Waals surface area contributed by atoms with Crippen LogP contribution in [0.25, 0.3) is 0 Å². The molecule has 0 saturated carbocycles. The normalized spacial score (nSPS) is 23.8. The summed E-state index contributed by atoms with van der Waals surface area (Å²) in [4.78, 5) is 0. The Morgan fingerprint density at radius 2 is 2.05 bits per heavy atom. The molecule has 1 saturated heterocycles. The van der Waals surface area contributed by atoms with Crippen LogP contribution in [0.4, 0.5) is 0 Å². The van der Waals surface area contributed by atoms with E-state index in [1.54, 1.807) is 7.11 Å². The Labute approximate surface area is 133 Å². The SMILES string of the molecule is COc1ccc(C(C(CN)CO)C2CCOC(C)(C)C2)cc1. The van der Waals surface area contributed by atoms with E-state index >= 15 is 0 Å². The molecule has 4 nitrogen and oxygen atoms in total. The molecule has 1 aliphatic heterocycles. The van der Waals surface area contributed by atoms with Crippen LogP contribution in [0.3, 0.4) is 0 Å². The van der Waals surface area contributed by atoms with E-state index in [0.29, 0.717) is 12.5 Å². The van der Waals surface area contributed by atoms with Gasteiger partial charge < -0.3 is 20.3 Å². The lowest BCUT2D eigenvalue weighted by atomic mass is 9.71. The Hall–Kier alpha value is -1.10. The van der Waals surface area contributed by atoms with E-state index < -0.39 is 0 Å². The Bertz CT molecular complexity index is 454. The Morgan fingerprint density at radius 1 is 1.36 bits per heavy atom. The number of hydrogen-bond donors (Lipinski definition) is 2. The molecule has 0 spiro atoms. The first kappa shape index (κ1) is 17.3. The minimum absolute atomic E-state index is 0.0762. The quantitative estimate of drug-likeness (QED) is 0.848. The smallest absolute Gasteiger partial charge is 0.118 e. The lowest BCUT2D eigenvalue weighted by Gasteiger charge is -2.41. The first-order valence-corrected chi connectivity index (χ1v) is 8.09. The third kappa shape index (κ3) is 4.00. The summed E-state index contributed by atoms with van der Waals surface area (Å²) in [7, 11) is 1.67. The highest BCUT2D eigenvalue weighted by Crippen LogP contribution is 2.42. The third-order valence-electron chi connectivity index (χ3n) is 4.79. The van der Waals surface area contributed by atoms with Crippen LogP contribution in [-0.4, -0.2) is 37.6 Å². The molecule has 3 atom stereocenters. The molecule has 1 aromatic carbocycles. The number of nitrogens with two attached hydrogens (primary N) is 1. The summed E-state index contributed by atoms with van der Waals surface area (Å²) in [6.45, 7) is 5.66. The summed E-state index contributed by atoms with van der Waals surface area (Å²) in [6, 6.07) is 8.17. The van der Waals surface area contributed by atoms with E-state index in [4.69, 9.17) is 15.2 Å². The maximum atomic E-state index is 9.78. The van der Waals surface area contributed by atoms with Crippen molar-refractivity contribution in [2.24, 2.45) is 17.6 Å². The maximum Gasteiger partial charge on any atom is 0.118 e. The van der Waals surface area contributed by atoms with Crippen LogP contribution in [-0.2, 0) is 4.74 Å². The van der Waals surface area contributed by atoms with Gasteiger partial charge in [0, 0.05) is 19.1 Å². The van der Waals surface area contributed by atoms with Crippen molar-refractivity contribution in [3.63, 3.8) is 0 Å². The molecular weight excluding hydrogens is 278 g/mol. The van der Waals surface area contributed by atoms with Crippen molar-refractivity contribution in [1.29, 1.82) is 0 Å². The molecule has 4 heteroatoms. The predicted octanol–water partition coefficient (Wildman–Crippen LogP) is 2.55. The van der Waals surface area contributed by atoms with Crippen LogP contribution < -0.4 is 10.5 Å². The summed E-state index contributed by atoms with van der Waals surface area (Å²) in [6.07, 6.45) is 2.00. The van der Waals surface area contributed by atoms with Crippen molar-refractivity contribution in [3.8, 4) is 5.75 Å². The monoisotopic (exact) mass is 307 g/mol. The zero-order valence-corrected chi connectivity index (χ0v) is 13.9. The Balaban J connectivity index is 2.29. The van der Waals surface area contributed by atoms with E-state index in [0.717, 1.165) is 25.2 Å². The Morgan fingerprint density at radius 3 is 2.55 bits per heavy atom. The lowest BCUT2D eigenvalue weighted by molar-refractivity contribution is -0.0809. The molecule has 124 valence electrons. The van der Waals surface area contributed by atoms with Gasteiger partial charge in [0.25, 0.3) is 0 Å². The zero-order valence-electron chi connectivity index (χ0n) is 13.9. The number of ether oxygens (including phenoxy) is 2. The third-order valence-corrected chi connectivity index (χ3v) is 4.79. The van der Waals surface area contributed by atoms with Gasteiger partial charge >= 0.3 is 0 Å². The molecule has 3 N–H and O–H groups in total. The zero-order chi connectivity index (χ0) is 16.2. The molecule has 22 heavy (non-hydrogen) atoms. The highest BCUT2D eigenvalue weighted by Gasteiger charge is 2.37. The molecule has 1 aromatic rings. The maximum absolute atomic E-state index is 9.78. The first-order chi connectivity index (χ1) is 10.5. The van der Waals surface area contributed by atoms with Crippen LogP contribution in [0, 0.1) is 11.8 Å². The fraction of sp³-hybridized carbons (Fsp3) is 0.667. The average molecular weight is 307 g/mol. The van der Waals surface area contributed by atoms with Crippen molar-refractivity contribution in [3.05, 3.63) is 29.8 Å². The van der Waals surface area contributed by atoms with Gasteiger partial charge in [-0.15, -0.1) is 0 Å². The summed E-state index contributed by atoms with van der Waals surface area (Å²) in [5, 5.41) is 9.78. The molecule has 0 aromatic heterocycles. The number of methoxy groups -OCH3 is 1. The molecule has 3 unspecified atom stereocenters. The van der Waals surface area contributed by atoms with E-state index in [-0.39, 0.29) is 24.0 Å². The van der Waals surface area contributed by atoms with Crippen LogP contribution >= 0.6 is 0 Å². The topological polar surface area (TPSA) is 64.7 Å². The fourth-order valence-corrected chi connectivity index (χ4v) is 3.68. The molecule has 0 bridgehead atoms. The number of hydrogen-bond acceptors (Lipinski definition) is 4. The van der Waals surface area contributed by atoms with Crippen molar-refractivity contribution in [2.45, 2.75) is 38.2 Å². The van der Waals surface area contributed by atoms with Crippen LogP contribution in [0.15, 0.2) is 24.3 Å². The summed E-state index contributed by atoms with van der Waals surface area (Å²) < 4.78 is 11.1. The minimum Gasteiger partial charge on any atom is -0.497 e. The second-order valence-corrected chi connectivity index (χ2v) is 6.84. The van der Waals surface area contributed by atoms with Crippen molar-refractivity contribution in [2.75, 3.05) is 26.9 Å². The van der Waals surface area contributed by atoms with Crippen LogP contribution in [0.5, 0.6) is 5.75 Å². The standard InChI is InChI=1S/C18H29NO3/c1-18(2)10-14(8-9-22-18)17(15(11-19)12-20)13-4-6-16(21-3)7-5-13/h4-7,14-15,17,20H,8-12,19H2,1-3H3. The highest BCUT2D eigenvalue weighted by atomic mass is 16.5. The van der Waals surface area contributed by atoms with Crippen molar-refractivity contribution < 1.29 is 14.6 Å². The summed E-state index contributed by atoms with van der Waals surface area (Å²) in [5.41, 5.74) is 7.06. The lowest BCUT2D eigenvalue weighted by Crippen LogP contribution is -2.39. The molecule has 1 fully saturated rings. The molecule has 1 aliphatic rings. The van der Waals surface area contributed by atoms with Crippen LogP contribution in [0.1, 0.15) is 38.2 Å². The van der Waals surface area contributed by atoms with Crippen molar-refractivity contribution in [1.82, 2.24) is 0 Å². The Kier molecular flexibility index (Phi) is 5.84. The summed E-state index contributed by atoms with van der Waals surface area (Å²) in [5.74, 6) is 1.65. The van der Waals surface area contributed by atoms with Crippen molar-refractivity contribution >= 4 is 0 Å². The molecule has 0 radical (unpaired) electrons. The first-order valence-electron chi connectivity index (χ1n) is 8.09. The van der Waals surface area contributed by atoms with E-state index in [1.807, 2.05) is 12.1 Å². The number of aliphatic hydroxyl groups is 1. The van der Waals surface area contributed by atoms with Gasteiger partial charge in [0.05, 0.1) is 12.7 Å². The van der Waals surface area contributed by atoms with Gasteiger partial charge in [0.15, 0.2) is 0 Å². The number of rotatable bonds is 6. The predicted molar refractivity (Wildman–Crippen MR) is 88.1 cm³/mol. The van der Waals surface area contributed by atoms with Gasteiger partial charge in [-0.2, -0.15) is 0 Å². The number of benzene rings is 1. The van der Waals surface area contributed by atoms with Gasteiger partial charge in [-0.25, -0.2) is 0 Å². The molecule has 1 heterocycles. The van der Waals surface area contributed by atoms with E-state index in [1.165, 1.54) is 5.56 Å². The fourth-order valence-electron chi connectivity index (χ4n) is 3.68. The van der Waals surface area contributed by atoms with Gasteiger partial charge in [0.1, 0.15) is 5.75 Å². The summed E-state index contributed by atoms with van der Waals surface area (Å²) >= 11 is 0. The van der Waals surface area contributed by atoms with E-state index in [2.05, 4.69) is 26.0 Å². The highest BCUT2D eigenvalue weighted by molar-refractivity contribution is 5.30. The van der Waals surface area contributed by atoms with E-state index in [9.17, 15) is 5.11 Å². The largest absolute Gasteiger partial charge is 0.497 e. The second kappa shape index (κ2) is 7.44. The average Bonchev–Trinajstić information content (AvgIpc) is 2.51. The van der Waals surface area contributed by atoms with Gasteiger partial charge in [0.2, 0.25) is 0 Å². The molecule has 0 aliphatic carbocycles. The second-order valence-electron chi connectivity index (χ2n) is 6.84. The van der Waals surface area contributed by atoms with Crippen LogP contribution in [0.2, 0.25) is 0 Å². The minimum atomic E-state index is -0.109. The number of aliphatic hydroxyl groups excluding tert-OH is 1. The molecule has 0 amide bonds. The van der Waals surface area contributed by atoms with Gasteiger partial charge in [-0.3, -0.25) is 0 Å². The molecular formula is C18H29NO3. The van der Waals surface area contributed by atoms with Gasteiger partial charge in [-0.1, -0.05) is 12.1 Å². The molecule has 2 rings (SSSR count). The van der Waals surface area contributed by atoms with Gasteiger partial charge in [-0.05, 0) is 62.8 Å².